The number of nitro groups is 1. The molecule has 0 spiro atoms. The van der Waals surface area contributed by atoms with Crippen LogP contribution in [-0.4, -0.2) is 45.8 Å². The molecule has 30 heavy (non-hydrogen) atoms. The molecule has 0 saturated carbocycles. The molecular formula is C22H23ClFN3O3. The summed E-state index contributed by atoms with van der Waals surface area (Å²) in [5.74, 6) is -0.373. The van der Waals surface area contributed by atoms with E-state index in [0.29, 0.717) is 25.2 Å². The van der Waals surface area contributed by atoms with E-state index in [4.69, 9.17) is 11.6 Å². The number of carbonyl (C=O) groups is 1. The van der Waals surface area contributed by atoms with Gasteiger partial charge >= 0.3 is 0 Å². The first-order chi connectivity index (χ1) is 14.2. The van der Waals surface area contributed by atoms with E-state index in [9.17, 15) is 19.3 Å². The molecule has 1 saturated heterocycles. The van der Waals surface area contributed by atoms with Gasteiger partial charge in [0, 0.05) is 43.9 Å². The molecule has 158 valence electrons. The van der Waals surface area contributed by atoms with Crippen LogP contribution in [0.4, 0.5) is 10.1 Å². The van der Waals surface area contributed by atoms with E-state index in [2.05, 4.69) is 11.8 Å². The van der Waals surface area contributed by atoms with Crippen LogP contribution in [0.3, 0.4) is 0 Å². The lowest BCUT2D eigenvalue weighted by Gasteiger charge is -2.44. The van der Waals surface area contributed by atoms with Gasteiger partial charge in [0.1, 0.15) is 10.8 Å². The standard InChI is InChI=1S/C22H23ClFN3O3/c1-15-13-26(16(2)12-25(15)14-18-3-7-19(24)8-4-18)22(28)10-6-17-5-9-21(27(29)30)20(23)11-17/h3-11,15-16H,12-14H2,1-2H3/t15-,16+/m0/s1. The summed E-state index contributed by atoms with van der Waals surface area (Å²) < 4.78 is 13.1. The van der Waals surface area contributed by atoms with Crippen LogP contribution < -0.4 is 0 Å². The number of piperazine rings is 1. The van der Waals surface area contributed by atoms with E-state index in [1.807, 2.05) is 11.8 Å². The van der Waals surface area contributed by atoms with E-state index in [-0.39, 0.29) is 34.5 Å². The zero-order valence-corrected chi connectivity index (χ0v) is 17.6. The van der Waals surface area contributed by atoms with Gasteiger partial charge in [0.2, 0.25) is 5.91 Å². The van der Waals surface area contributed by atoms with Crippen LogP contribution in [0.15, 0.2) is 48.5 Å². The van der Waals surface area contributed by atoms with Gasteiger partial charge in [-0.3, -0.25) is 19.8 Å². The molecule has 0 N–H and O–H groups in total. The maximum atomic E-state index is 13.1. The van der Waals surface area contributed by atoms with Gasteiger partial charge < -0.3 is 4.90 Å². The van der Waals surface area contributed by atoms with Crippen molar-refractivity contribution >= 4 is 29.3 Å². The Morgan fingerprint density at radius 3 is 2.53 bits per heavy atom. The molecule has 0 aromatic heterocycles. The second-order valence-electron chi connectivity index (χ2n) is 7.55. The first kappa shape index (κ1) is 21.9. The van der Waals surface area contributed by atoms with Gasteiger partial charge in [0.15, 0.2) is 0 Å². The molecule has 8 heteroatoms. The van der Waals surface area contributed by atoms with Crippen molar-refractivity contribution in [2.24, 2.45) is 0 Å². The smallest absolute Gasteiger partial charge is 0.287 e. The van der Waals surface area contributed by atoms with Crippen LogP contribution in [0.1, 0.15) is 25.0 Å². The Morgan fingerprint density at radius 2 is 1.90 bits per heavy atom. The quantitative estimate of drug-likeness (QED) is 0.396. The van der Waals surface area contributed by atoms with E-state index in [1.165, 1.54) is 30.3 Å². The third-order valence-corrected chi connectivity index (χ3v) is 5.59. The molecule has 2 aromatic rings. The van der Waals surface area contributed by atoms with Gasteiger partial charge in [0.05, 0.1) is 4.92 Å². The number of nitrogens with zero attached hydrogens (tertiary/aromatic N) is 3. The minimum atomic E-state index is -0.546. The van der Waals surface area contributed by atoms with Gasteiger partial charge in [-0.2, -0.15) is 0 Å². The summed E-state index contributed by atoms with van der Waals surface area (Å²) in [6.45, 7) is 6.05. The van der Waals surface area contributed by atoms with Gasteiger partial charge in [-0.15, -0.1) is 0 Å². The molecule has 0 unspecified atom stereocenters. The van der Waals surface area contributed by atoms with Crippen LogP contribution in [0.2, 0.25) is 5.02 Å². The number of amides is 1. The Morgan fingerprint density at radius 1 is 1.20 bits per heavy atom. The van der Waals surface area contributed by atoms with Gasteiger partial charge in [-0.25, -0.2) is 4.39 Å². The highest BCUT2D eigenvalue weighted by molar-refractivity contribution is 6.32. The fraction of sp³-hybridized carbons (Fsp3) is 0.318. The topological polar surface area (TPSA) is 66.7 Å². The number of hydrogen-bond donors (Lipinski definition) is 0. The maximum absolute atomic E-state index is 13.1. The van der Waals surface area contributed by atoms with Crippen molar-refractivity contribution in [3.8, 4) is 0 Å². The molecule has 1 fully saturated rings. The Labute approximate surface area is 179 Å². The summed E-state index contributed by atoms with van der Waals surface area (Å²) in [4.78, 5) is 27.1. The van der Waals surface area contributed by atoms with Gasteiger partial charge in [-0.1, -0.05) is 23.7 Å². The second-order valence-corrected chi connectivity index (χ2v) is 7.95. The van der Waals surface area contributed by atoms with Crippen LogP contribution in [0, 0.1) is 15.9 Å². The lowest BCUT2D eigenvalue weighted by molar-refractivity contribution is -0.384. The molecule has 1 aliphatic rings. The zero-order valence-electron chi connectivity index (χ0n) is 16.8. The van der Waals surface area contributed by atoms with E-state index < -0.39 is 4.92 Å². The Balaban J connectivity index is 1.63. The van der Waals surface area contributed by atoms with E-state index >= 15 is 0 Å². The Bertz CT molecular complexity index is 965. The Hall–Kier alpha value is -2.77. The van der Waals surface area contributed by atoms with Crippen LogP contribution >= 0.6 is 11.6 Å². The number of rotatable bonds is 5. The molecule has 6 nitrogen and oxygen atoms in total. The summed E-state index contributed by atoms with van der Waals surface area (Å²) >= 11 is 5.92. The van der Waals surface area contributed by atoms with Gasteiger partial charge in [0.25, 0.3) is 5.69 Å². The molecule has 0 radical (unpaired) electrons. The molecule has 2 aromatic carbocycles. The average molecular weight is 432 g/mol. The molecule has 1 amide bonds. The summed E-state index contributed by atoms with van der Waals surface area (Å²) in [6, 6.07) is 11.0. The van der Waals surface area contributed by atoms with Crippen molar-refractivity contribution < 1.29 is 14.1 Å². The van der Waals surface area contributed by atoms with Crippen molar-refractivity contribution in [2.75, 3.05) is 13.1 Å². The van der Waals surface area contributed by atoms with Crippen LogP contribution in [-0.2, 0) is 11.3 Å². The third-order valence-electron chi connectivity index (χ3n) is 5.28. The summed E-state index contributed by atoms with van der Waals surface area (Å²) in [5, 5.41) is 10.9. The summed E-state index contributed by atoms with van der Waals surface area (Å²) in [6.07, 6.45) is 3.08. The average Bonchev–Trinajstić information content (AvgIpc) is 2.70. The van der Waals surface area contributed by atoms with E-state index in [0.717, 1.165) is 5.56 Å². The fourth-order valence-electron chi connectivity index (χ4n) is 3.59. The predicted molar refractivity (Wildman–Crippen MR) is 115 cm³/mol. The second kappa shape index (κ2) is 9.36. The van der Waals surface area contributed by atoms with Crippen molar-refractivity contribution in [3.63, 3.8) is 0 Å². The number of hydrogen-bond acceptors (Lipinski definition) is 4. The zero-order chi connectivity index (χ0) is 21.8. The third kappa shape index (κ3) is 5.23. The Kier molecular flexibility index (Phi) is 6.84. The molecule has 3 rings (SSSR count). The highest BCUT2D eigenvalue weighted by atomic mass is 35.5. The largest absolute Gasteiger partial charge is 0.334 e. The molecule has 1 heterocycles. The molecule has 0 bridgehead atoms. The van der Waals surface area contributed by atoms with Crippen molar-refractivity contribution in [2.45, 2.75) is 32.5 Å². The monoisotopic (exact) mass is 431 g/mol. The van der Waals surface area contributed by atoms with Crippen LogP contribution in [0.5, 0.6) is 0 Å². The van der Waals surface area contributed by atoms with Crippen LogP contribution in [0.25, 0.3) is 6.08 Å². The molecule has 0 aliphatic carbocycles. The highest BCUT2D eigenvalue weighted by Crippen LogP contribution is 2.25. The fourth-order valence-corrected chi connectivity index (χ4v) is 3.85. The molecule has 1 aliphatic heterocycles. The first-order valence-corrected chi connectivity index (χ1v) is 10.0. The summed E-state index contributed by atoms with van der Waals surface area (Å²) in [7, 11) is 0. The van der Waals surface area contributed by atoms with E-state index in [1.54, 1.807) is 24.3 Å². The van der Waals surface area contributed by atoms with Crippen molar-refractivity contribution in [3.05, 3.63) is 80.6 Å². The number of carbonyl (C=O) groups excluding carboxylic acids is 1. The van der Waals surface area contributed by atoms with Crippen molar-refractivity contribution in [1.82, 2.24) is 9.80 Å². The van der Waals surface area contributed by atoms with Crippen molar-refractivity contribution in [1.29, 1.82) is 0 Å². The maximum Gasteiger partial charge on any atom is 0.287 e. The first-order valence-electron chi connectivity index (χ1n) is 9.65. The summed E-state index contributed by atoms with van der Waals surface area (Å²) in [5.41, 5.74) is 1.49. The van der Waals surface area contributed by atoms with Gasteiger partial charge in [-0.05, 0) is 55.3 Å². The number of benzene rings is 2. The normalized spacial score (nSPS) is 19.9. The number of nitro benzene ring substituents is 1. The minimum absolute atomic E-state index is 0.0132. The predicted octanol–water partition coefficient (Wildman–Crippen LogP) is 4.52. The minimum Gasteiger partial charge on any atom is -0.334 e. The highest BCUT2D eigenvalue weighted by Gasteiger charge is 2.31. The lowest BCUT2D eigenvalue weighted by atomic mass is 10.1. The molecule has 2 atom stereocenters. The lowest BCUT2D eigenvalue weighted by Crippen LogP contribution is -2.57. The number of halogens is 2. The molecular weight excluding hydrogens is 409 g/mol. The SMILES string of the molecule is C[C@@H]1CN(Cc2ccc(F)cc2)[C@@H](C)CN1C(=O)C=Cc1ccc([N+](=O)[O-])c(Cl)c1.